The van der Waals surface area contributed by atoms with Gasteiger partial charge in [-0.3, -0.25) is 9.69 Å². The Labute approximate surface area is 145 Å². The molecule has 24 heavy (non-hydrogen) atoms. The van der Waals surface area contributed by atoms with Gasteiger partial charge in [-0.25, -0.2) is 0 Å². The number of nitrogens with zero attached hydrogens (tertiary/aromatic N) is 3. The van der Waals surface area contributed by atoms with E-state index in [2.05, 4.69) is 10.1 Å². The summed E-state index contributed by atoms with van der Waals surface area (Å²) in [5, 5.41) is 3.93. The third kappa shape index (κ3) is 5.07. The van der Waals surface area contributed by atoms with Crippen LogP contribution in [0.4, 0.5) is 0 Å². The van der Waals surface area contributed by atoms with Gasteiger partial charge in [0, 0.05) is 38.7 Å². The molecular weight excluding hydrogens is 302 g/mol. The number of carbonyl (C=O) groups is 1. The van der Waals surface area contributed by atoms with Crippen LogP contribution in [-0.2, 0) is 11.3 Å². The van der Waals surface area contributed by atoms with Crippen molar-refractivity contribution in [1.82, 2.24) is 15.0 Å². The Bertz CT molecular complexity index is 514. The van der Waals surface area contributed by atoms with E-state index in [1.54, 1.807) is 0 Å². The normalized spacial score (nSPS) is 20.5. The van der Waals surface area contributed by atoms with Crippen molar-refractivity contribution in [1.29, 1.82) is 0 Å². The molecule has 0 radical (unpaired) electrons. The molecule has 0 N–H and O–H groups in total. The molecular formula is C19H31N3O2. The Morgan fingerprint density at radius 1 is 1.21 bits per heavy atom. The van der Waals surface area contributed by atoms with E-state index in [4.69, 9.17) is 4.52 Å². The second kappa shape index (κ2) is 8.65. The number of hydrogen-bond acceptors (Lipinski definition) is 4. The molecule has 2 heterocycles. The third-order valence-electron chi connectivity index (χ3n) is 5.51. The van der Waals surface area contributed by atoms with Crippen molar-refractivity contribution < 1.29 is 9.32 Å². The quantitative estimate of drug-likeness (QED) is 0.801. The maximum atomic E-state index is 12.4. The van der Waals surface area contributed by atoms with E-state index in [1.807, 2.05) is 17.9 Å². The van der Waals surface area contributed by atoms with Crippen LogP contribution in [0.2, 0.25) is 0 Å². The highest BCUT2D eigenvalue weighted by molar-refractivity contribution is 5.76. The first-order chi connectivity index (χ1) is 11.7. The summed E-state index contributed by atoms with van der Waals surface area (Å²) in [7, 11) is 0. The minimum Gasteiger partial charge on any atom is -0.360 e. The fourth-order valence-electron chi connectivity index (χ4n) is 4.04. The van der Waals surface area contributed by atoms with Crippen LogP contribution in [0.1, 0.15) is 62.8 Å². The van der Waals surface area contributed by atoms with Crippen molar-refractivity contribution in [3.05, 3.63) is 17.5 Å². The molecule has 134 valence electrons. The van der Waals surface area contributed by atoms with Gasteiger partial charge in [-0.15, -0.1) is 0 Å². The molecule has 1 saturated heterocycles. The van der Waals surface area contributed by atoms with Crippen LogP contribution in [0, 0.1) is 12.8 Å². The number of carbonyl (C=O) groups excluding carboxylic acids is 1. The van der Waals surface area contributed by atoms with E-state index < -0.39 is 0 Å². The molecule has 1 amide bonds. The molecule has 2 aliphatic rings. The van der Waals surface area contributed by atoms with Crippen LogP contribution in [0.5, 0.6) is 0 Å². The molecule has 3 rings (SSSR count). The number of piperazine rings is 1. The minimum atomic E-state index is 0.348. The van der Waals surface area contributed by atoms with Crippen LogP contribution in [0.3, 0.4) is 0 Å². The van der Waals surface area contributed by atoms with E-state index in [0.29, 0.717) is 5.91 Å². The number of rotatable bonds is 6. The smallest absolute Gasteiger partial charge is 0.222 e. The number of hydrogen-bond donors (Lipinski definition) is 0. The lowest BCUT2D eigenvalue weighted by Gasteiger charge is -2.34. The summed E-state index contributed by atoms with van der Waals surface area (Å²) in [5.41, 5.74) is 0.928. The molecule has 1 aromatic heterocycles. The molecule has 5 heteroatoms. The summed E-state index contributed by atoms with van der Waals surface area (Å²) in [5.74, 6) is 2.15. The zero-order valence-corrected chi connectivity index (χ0v) is 15.0. The highest BCUT2D eigenvalue weighted by Crippen LogP contribution is 2.27. The third-order valence-corrected chi connectivity index (χ3v) is 5.51. The van der Waals surface area contributed by atoms with Gasteiger partial charge >= 0.3 is 0 Å². The summed E-state index contributed by atoms with van der Waals surface area (Å²) >= 11 is 0. The highest BCUT2D eigenvalue weighted by Gasteiger charge is 2.22. The van der Waals surface area contributed by atoms with Gasteiger partial charge < -0.3 is 9.42 Å². The lowest BCUT2D eigenvalue weighted by atomic mass is 9.86. The van der Waals surface area contributed by atoms with Crippen molar-refractivity contribution in [2.75, 3.05) is 26.2 Å². The van der Waals surface area contributed by atoms with Gasteiger partial charge in [0.1, 0.15) is 0 Å². The molecule has 1 aliphatic carbocycles. The van der Waals surface area contributed by atoms with Crippen LogP contribution in [0.25, 0.3) is 0 Å². The van der Waals surface area contributed by atoms with E-state index >= 15 is 0 Å². The highest BCUT2D eigenvalue weighted by atomic mass is 16.5. The number of aromatic nitrogens is 1. The molecule has 1 aromatic rings. The maximum Gasteiger partial charge on any atom is 0.222 e. The molecule has 1 saturated carbocycles. The first kappa shape index (κ1) is 17.5. The number of aryl methyl sites for hydroxylation is 1. The topological polar surface area (TPSA) is 49.6 Å². The van der Waals surface area contributed by atoms with Crippen LogP contribution < -0.4 is 0 Å². The van der Waals surface area contributed by atoms with Gasteiger partial charge in [-0.1, -0.05) is 37.3 Å². The fourth-order valence-corrected chi connectivity index (χ4v) is 4.04. The Balaban J connectivity index is 1.32. The van der Waals surface area contributed by atoms with Gasteiger partial charge in [0.05, 0.1) is 12.2 Å². The molecule has 2 fully saturated rings. The summed E-state index contributed by atoms with van der Waals surface area (Å²) in [4.78, 5) is 16.8. The first-order valence-corrected chi connectivity index (χ1v) is 9.63. The molecule has 5 nitrogen and oxygen atoms in total. The molecule has 1 aliphatic heterocycles. The summed E-state index contributed by atoms with van der Waals surface area (Å²) in [6.07, 6.45) is 10.0. The minimum absolute atomic E-state index is 0.348. The van der Waals surface area contributed by atoms with Crippen molar-refractivity contribution in [3.63, 3.8) is 0 Å². The van der Waals surface area contributed by atoms with Crippen LogP contribution in [0.15, 0.2) is 10.6 Å². The molecule has 0 unspecified atom stereocenters. The summed E-state index contributed by atoms with van der Waals surface area (Å²) in [6.45, 7) is 6.27. The van der Waals surface area contributed by atoms with Gasteiger partial charge in [0.15, 0.2) is 5.76 Å². The van der Waals surface area contributed by atoms with E-state index in [0.717, 1.165) is 62.9 Å². The average molecular weight is 333 g/mol. The monoisotopic (exact) mass is 333 g/mol. The van der Waals surface area contributed by atoms with Crippen molar-refractivity contribution in [3.8, 4) is 0 Å². The molecule has 0 bridgehead atoms. The number of amides is 1. The fraction of sp³-hybridized carbons (Fsp3) is 0.789. The second-order valence-corrected chi connectivity index (χ2v) is 7.49. The Hall–Kier alpha value is -1.36. The Morgan fingerprint density at radius 2 is 1.96 bits per heavy atom. The predicted octanol–water partition coefficient (Wildman–Crippen LogP) is 3.38. The van der Waals surface area contributed by atoms with Gasteiger partial charge in [-0.05, 0) is 25.7 Å². The van der Waals surface area contributed by atoms with Crippen molar-refractivity contribution in [2.24, 2.45) is 5.92 Å². The summed E-state index contributed by atoms with van der Waals surface area (Å²) in [6, 6.07) is 1.99. The Kier molecular flexibility index (Phi) is 6.30. The lowest BCUT2D eigenvalue weighted by molar-refractivity contribution is -0.133. The van der Waals surface area contributed by atoms with Crippen molar-refractivity contribution >= 4 is 5.91 Å². The van der Waals surface area contributed by atoms with Crippen LogP contribution >= 0.6 is 0 Å². The molecule has 0 atom stereocenters. The van der Waals surface area contributed by atoms with Gasteiger partial charge in [0.25, 0.3) is 0 Å². The van der Waals surface area contributed by atoms with E-state index in [-0.39, 0.29) is 0 Å². The van der Waals surface area contributed by atoms with Gasteiger partial charge in [-0.2, -0.15) is 0 Å². The predicted molar refractivity (Wildman–Crippen MR) is 93.5 cm³/mol. The average Bonchev–Trinajstić information content (AvgIpc) is 3.01. The molecule has 0 aromatic carbocycles. The summed E-state index contributed by atoms with van der Waals surface area (Å²) < 4.78 is 5.28. The Morgan fingerprint density at radius 3 is 2.62 bits per heavy atom. The zero-order valence-electron chi connectivity index (χ0n) is 15.0. The standard InChI is InChI=1S/C19H31N3O2/c1-16-14-18(24-20-16)15-21-10-12-22(13-11-21)19(23)9-5-8-17-6-3-2-4-7-17/h14,17H,2-13,15H2,1H3. The lowest BCUT2D eigenvalue weighted by Crippen LogP contribution is -2.48. The zero-order chi connectivity index (χ0) is 16.8. The van der Waals surface area contributed by atoms with E-state index in [9.17, 15) is 4.79 Å². The first-order valence-electron chi connectivity index (χ1n) is 9.63. The molecule has 0 spiro atoms. The second-order valence-electron chi connectivity index (χ2n) is 7.49. The van der Waals surface area contributed by atoms with E-state index in [1.165, 1.54) is 38.5 Å². The van der Waals surface area contributed by atoms with Crippen molar-refractivity contribution in [2.45, 2.75) is 64.8 Å². The SMILES string of the molecule is Cc1cc(CN2CCN(C(=O)CCCC3CCCCC3)CC2)on1. The largest absolute Gasteiger partial charge is 0.360 e. The maximum absolute atomic E-state index is 12.4. The van der Waals surface area contributed by atoms with Gasteiger partial charge in [0.2, 0.25) is 5.91 Å². The van der Waals surface area contributed by atoms with Crippen LogP contribution in [-0.4, -0.2) is 47.0 Å².